The van der Waals surface area contributed by atoms with Gasteiger partial charge in [0.2, 0.25) is 0 Å². The van der Waals surface area contributed by atoms with Crippen LogP contribution in [0.15, 0.2) is 24.3 Å². The van der Waals surface area contributed by atoms with Crippen LogP contribution in [0.1, 0.15) is 25.8 Å². The molecule has 1 rings (SSSR count). The molecule has 0 radical (unpaired) electrons. The van der Waals surface area contributed by atoms with E-state index < -0.39 is 0 Å². The summed E-state index contributed by atoms with van der Waals surface area (Å²) in [5.41, 5.74) is 1.35. The number of hydrogen-bond donors (Lipinski definition) is 0. The van der Waals surface area contributed by atoms with Crippen LogP contribution in [-0.4, -0.2) is 16.3 Å². The summed E-state index contributed by atoms with van der Waals surface area (Å²) in [6.07, 6.45) is 1.25. The summed E-state index contributed by atoms with van der Waals surface area (Å²) in [6.45, 7) is 6.36. The number of rotatable bonds is 0. The molecule has 0 saturated carbocycles. The van der Waals surface area contributed by atoms with Gasteiger partial charge in [-0.15, -0.1) is 4.43 Å². The van der Waals surface area contributed by atoms with E-state index in [4.69, 9.17) is 0 Å². The molecule has 0 aromatic heterocycles. The topological polar surface area (TPSA) is 0 Å². The number of benzene rings is 1. The fraction of sp³-hybridized carbons (Fsp3) is 0.400. The van der Waals surface area contributed by atoms with Gasteiger partial charge in [0.05, 0.1) is 0 Å². The monoisotopic (exact) mass is 164 g/mol. The minimum atomic E-state index is 1.17. The first-order chi connectivity index (χ1) is 5.20. The first kappa shape index (κ1) is 10.8. The molecule has 0 heterocycles. The lowest BCUT2D eigenvalue weighted by molar-refractivity contribution is 1.09. The highest BCUT2D eigenvalue weighted by molar-refractivity contribution is 6.32. The molecule has 0 nitrogen and oxygen atoms in total. The van der Waals surface area contributed by atoms with Crippen molar-refractivity contribution in [1.82, 2.24) is 0 Å². The van der Waals surface area contributed by atoms with Gasteiger partial charge < -0.3 is 0 Å². The van der Waals surface area contributed by atoms with Crippen molar-refractivity contribution in [1.29, 1.82) is 0 Å². The molecule has 0 atom stereocenters. The Hall–Kier alpha value is -0.248. The molecule has 0 unspecified atom stereocenters. The largest absolute Gasteiger partial charge is 0.258 e. The Morgan fingerprint density at radius 1 is 1.09 bits per heavy atom. The third-order valence-corrected chi connectivity index (χ3v) is 1.88. The molecule has 0 amide bonds. The van der Waals surface area contributed by atoms with E-state index in [0.29, 0.717) is 0 Å². The quantitative estimate of drug-likeness (QED) is 0.512. The molecule has 0 N–H and O–H groups in total. The summed E-state index contributed by atoms with van der Waals surface area (Å²) in [5.74, 6) is 0. The smallest absolute Gasteiger partial charge is 0.121 e. The van der Waals surface area contributed by atoms with E-state index in [1.165, 1.54) is 32.7 Å². The minimum Gasteiger partial charge on any atom is -0.121 e. The van der Waals surface area contributed by atoms with Gasteiger partial charge in [0, 0.05) is 0 Å². The number of hydrogen-bond acceptors (Lipinski definition) is 0. The van der Waals surface area contributed by atoms with E-state index in [9.17, 15) is 0 Å². The first-order valence-electron chi connectivity index (χ1n) is 4.24. The van der Waals surface area contributed by atoms with E-state index in [0.717, 1.165) is 0 Å². The van der Waals surface area contributed by atoms with Crippen LogP contribution in [-0.2, 0) is 0 Å². The normalized spacial score (nSPS) is 8.27. The Morgan fingerprint density at radius 2 is 1.45 bits per heavy atom. The van der Waals surface area contributed by atoms with Crippen LogP contribution in [0.3, 0.4) is 0 Å². The van der Waals surface area contributed by atoms with Crippen molar-refractivity contribution in [3.8, 4) is 0 Å². The standard InChI is InChI=1S/C7H7.C3H8.Al.2H/c1-7-5-3-2-4-6-7;1-3-2;;;/h3-6H,1H3;3H2,1-2H3;;;. The molecule has 11 heavy (non-hydrogen) atoms. The third-order valence-electron chi connectivity index (χ3n) is 1.22. The summed E-state index contributed by atoms with van der Waals surface area (Å²) < 4.78 is 1.47. The number of aryl methyl sites for hydroxylation is 1. The van der Waals surface area contributed by atoms with Crippen molar-refractivity contribution >= 4 is 20.7 Å². The minimum absolute atomic E-state index is 1.17. The van der Waals surface area contributed by atoms with Crippen LogP contribution in [0.4, 0.5) is 0 Å². The zero-order valence-corrected chi connectivity index (χ0v) is 10.0. The zero-order chi connectivity index (χ0) is 8.69. The molecule has 0 saturated heterocycles. The molecule has 1 aromatic carbocycles. The highest BCUT2D eigenvalue weighted by atomic mass is 27.0. The van der Waals surface area contributed by atoms with Crippen LogP contribution < -0.4 is 4.43 Å². The average Bonchev–Trinajstić information content (AvgIpc) is 1.97. The molecular formula is C10H17Al. The lowest BCUT2D eigenvalue weighted by Crippen LogP contribution is -1.98. The zero-order valence-electron chi connectivity index (χ0n) is 8.02. The van der Waals surface area contributed by atoms with Crippen LogP contribution in [0.5, 0.6) is 0 Å². The fourth-order valence-corrected chi connectivity index (χ4v) is 0.970. The predicted octanol–water partition coefficient (Wildman–Crippen LogP) is 1.67. The van der Waals surface area contributed by atoms with Gasteiger partial charge in [-0.05, 0) is 6.92 Å². The molecular weight excluding hydrogens is 147 g/mol. The first-order valence-corrected chi connectivity index (χ1v) is 5.24. The van der Waals surface area contributed by atoms with Crippen LogP contribution in [0.25, 0.3) is 0 Å². The Morgan fingerprint density at radius 3 is 1.73 bits per heavy atom. The van der Waals surface area contributed by atoms with E-state index in [1.54, 1.807) is 0 Å². The molecule has 1 heteroatoms. The van der Waals surface area contributed by atoms with E-state index in [1.807, 2.05) is 0 Å². The fourth-order valence-electron chi connectivity index (χ4n) is 0.637. The highest BCUT2D eigenvalue weighted by Gasteiger charge is 1.80. The van der Waals surface area contributed by atoms with Gasteiger partial charge in [-0.1, -0.05) is 50.1 Å². The predicted molar refractivity (Wildman–Crippen MR) is 55.3 cm³/mol. The Kier molecular flexibility index (Phi) is 6.32. The van der Waals surface area contributed by atoms with E-state index in [-0.39, 0.29) is 0 Å². The second-order valence-electron chi connectivity index (χ2n) is 2.86. The summed E-state index contributed by atoms with van der Waals surface area (Å²) in [4.78, 5) is 0. The van der Waals surface area contributed by atoms with Crippen LogP contribution in [0, 0.1) is 6.92 Å². The second kappa shape index (κ2) is 6.46. The van der Waals surface area contributed by atoms with Gasteiger partial charge in [0.25, 0.3) is 16.3 Å². The van der Waals surface area contributed by atoms with Gasteiger partial charge in [0.1, 0.15) is 0 Å². The molecule has 0 aliphatic rings. The van der Waals surface area contributed by atoms with Gasteiger partial charge in [0.15, 0.2) is 0 Å². The maximum atomic E-state index is 2.18. The van der Waals surface area contributed by atoms with Crippen molar-refractivity contribution in [2.75, 3.05) is 0 Å². The van der Waals surface area contributed by atoms with Crippen LogP contribution >= 0.6 is 0 Å². The van der Waals surface area contributed by atoms with Gasteiger partial charge in [-0.25, -0.2) is 0 Å². The Labute approximate surface area is 78.1 Å². The van der Waals surface area contributed by atoms with Crippen molar-refractivity contribution < 1.29 is 0 Å². The summed E-state index contributed by atoms with van der Waals surface area (Å²) in [7, 11) is 0. The third kappa shape index (κ3) is 6.16. The maximum Gasteiger partial charge on any atom is 0.258 e. The highest BCUT2D eigenvalue weighted by Crippen LogP contribution is 1.90. The van der Waals surface area contributed by atoms with Crippen molar-refractivity contribution in [2.24, 2.45) is 0 Å². The van der Waals surface area contributed by atoms with E-state index >= 15 is 0 Å². The van der Waals surface area contributed by atoms with Crippen molar-refractivity contribution in [3.63, 3.8) is 0 Å². The molecule has 60 valence electrons. The Balaban J connectivity index is 0.000000292. The van der Waals surface area contributed by atoms with Crippen molar-refractivity contribution in [2.45, 2.75) is 27.2 Å². The van der Waals surface area contributed by atoms with E-state index in [2.05, 4.69) is 45.0 Å². The summed E-state index contributed by atoms with van der Waals surface area (Å²) in [6, 6.07) is 8.67. The summed E-state index contributed by atoms with van der Waals surface area (Å²) in [5, 5.41) is 0. The SMILES string of the molecule is CCC.Cc1cc[c]([AlH2])cc1. The van der Waals surface area contributed by atoms with Gasteiger partial charge >= 0.3 is 0 Å². The second-order valence-corrected chi connectivity index (χ2v) is 4.02. The molecule has 0 fully saturated rings. The average molecular weight is 164 g/mol. The summed E-state index contributed by atoms with van der Waals surface area (Å²) >= 11 is 1.17. The maximum absolute atomic E-state index is 2.18. The van der Waals surface area contributed by atoms with Crippen LogP contribution in [0.2, 0.25) is 0 Å². The molecule has 1 aromatic rings. The molecule has 0 spiro atoms. The molecule has 0 aliphatic heterocycles. The molecule has 0 aliphatic carbocycles. The van der Waals surface area contributed by atoms with Crippen molar-refractivity contribution in [3.05, 3.63) is 29.8 Å². The Bertz CT molecular complexity index is 156. The lowest BCUT2D eigenvalue weighted by atomic mass is 10.2. The molecule has 0 bridgehead atoms. The van der Waals surface area contributed by atoms with Gasteiger partial charge in [-0.3, -0.25) is 0 Å². The van der Waals surface area contributed by atoms with Gasteiger partial charge in [-0.2, -0.15) is 0 Å². The lowest BCUT2D eigenvalue weighted by Gasteiger charge is -1.90.